The molecule has 0 bridgehead atoms. The van der Waals surface area contributed by atoms with Gasteiger partial charge in [0.2, 0.25) is 0 Å². The lowest BCUT2D eigenvalue weighted by Crippen LogP contribution is -2.46. The van der Waals surface area contributed by atoms with Gasteiger partial charge in [-0.1, -0.05) is 24.3 Å². The first-order valence-electron chi connectivity index (χ1n) is 10.8. The molecule has 2 atom stereocenters. The molecule has 3 aromatic rings. The Morgan fingerprint density at radius 1 is 1.14 bits per heavy atom. The van der Waals surface area contributed by atoms with Crippen LogP contribution in [0.4, 0.5) is 0 Å². The van der Waals surface area contributed by atoms with Crippen LogP contribution in [0.2, 0.25) is 0 Å². The quantitative estimate of drug-likeness (QED) is 0.671. The molecule has 6 rings (SSSR count). The minimum absolute atomic E-state index is 0.155. The Hall–Kier alpha value is -2.88. The van der Waals surface area contributed by atoms with E-state index in [-0.39, 0.29) is 11.9 Å². The maximum absolute atomic E-state index is 13.4. The SMILES string of the molecule is O=C(c1ccc2nc[nH]c2c1)N1CCC[C@H]2c3cc(C4=CCCC4)ccc3C[C@H]21. The fourth-order valence-electron chi connectivity index (χ4n) is 5.64. The number of piperidine rings is 1. The first-order chi connectivity index (χ1) is 14.3. The smallest absolute Gasteiger partial charge is 0.254 e. The van der Waals surface area contributed by atoms with Gasteiger partial charge in [0.15, 0.2) is 0 Å². The molecule has 2 aromatic carbocycles. The van der Waals surface area contributed by atoms with Crippen LogP contribution in [-0.4, -0.2) is 33.4 Å². The minimum atomic E-state index is 0.155. The number of rotatable bonds is 2. The van der Waals surface area contributed by atoms with E-state index in [9.17, 15) is 4.79 Å². The Morgan fingerprint density at radius 2 is 2.10 bits per heavy atom. The molecule has 29 heavy (non-hydrogen) atoms. The molecule has 4 heteroatoms. The van der Waals surface area contributed by atoms with Gasteiger partial charge in [0, 0.05) is 24.1 Å². The van der Waals surface area contributed by atoms with Gasteiger partial charge in [-0.15, -0.1) is 0 Å². The largest absolute Gasteiger partial charge is 0.345 e. The number of fused-ring (bicyclic) bond motifs is 4. The number of nitrogens with one attached hydrogen (secondary N) is 1. The third-order valence-electron chi connectivity index (χ3n) is 7.09. The summed E-state index contributed by atoms with van der Waals surface area (Å²) >= 11 is 0. The first-order valence-corrected chi connectivity index (χ1v) is 10.8. The summed E-state index contributed by atoms with van der Waals surface area (Å²) in [5.74, 6) is 0.628. The second-order valence-electron chi connectivity index (χ2n) is 8.69. The fraction of sp³-hybridized carbons (Fsp3) is 0.360. The Labute approximate surface area is 170 Å². The van der Waals surface area contributed by atoms with E-state index in [1.54, 1.807) is 6.33 Å². The van der Waals surface area contributed by atoms with Crippen LogP contribution in [0.15, 0.2) is 48.8 Å². The predicted molar refractivity (Wildman–Crippen MR) is 115 cm³/mol. The Morgan fingerprint density at radius 3 is 3.00 bits per heavy atom. The van der Waals surface area contributed by atoms with Gasteiger partial charge in [-0.25, -0.2) is 4.98 Å². The maximum Gasteiger partial charge on any atom is 0.254 e. The van der Waals surface area contributed by atoms with Crippen LogP contribution in [0.5, 0.6) is 0 Å². The maximum atomic E-state index is 13.4. The van der Waals surface area contributed by atoms with Crippen LogP contribution in [0.3, 0.4) is 0 Å². The first kappa shape index (κ1) is 17.0. The van der Waals surface area contributed by atoms with Crippen molar-refractivity contribution in [3.05, 3.63) is 71.1 Å². The molecule has 0 spiro atoms. The molecular formula is C25H25N3O. The highest BCUT2D eigenvalue weighted by atomic mass is 16.2. The molecule has 4 nitrogen and oxygen atoms in total. The van der Waals surface area contributed by atoms with Gasteiger partial charge in [0.1, 0.15) is 0 Å². The zero-order chi connectivity index (χ0) is 19.4. The predicted octanol–water partition coefficient (Wildman–Crippen LogP) is 5.07. The summed E-state index contributed by atoms with van der Waals surface area (Å²) < 4.78 is 0. The summed E-state index contributed by atoms with van der Waals surface area (Å²) in [6.07, 6.45) is 11.0. The van der Waals surface area contributed by atoms with E-state index in [0.29, 0.717) is 5.92 Å². The van der Waals surface area contributed by atoms with Crippen LogP contribution in [0.1, 0.15) is 65.1 Å². The summed E-state index contributed by atoms with van der Waals surface area (Å²) in [5, 5.41) is 0. The Bertz CT molecular complexity index is 1140. The number of nitrogens with zero attached hydrogens (tertiary/aromatic N) is 2. The second kappa shape index (κ2) is 6.58. The molecular weight excluding hydrogens is 358 g/mol. The van der Waals surface area contributed by atoms with Gasteiger partial charge in [0.05, 0.1) is 17.4 Å². The molecule has 1 amide bonds. The minimum Gasteiger partial charge on any atom is -0.345 e. The highest BCUT2D eigenvalue weighted by Gasteiger charge is 2.41. The number of benzene rings is 2. The van der Waals surface area contributed by atoms with Crippen molar-refractivity contribution in [1.82, 2.24) is 14.9 Å². The molecule has 3 aliphatic rings. The number of allylic oxidation sites excluding steroid dienone is 2. The highest BCUT2D eigenvalue weighted by Crippen LogP contribution is 2.44. The lowest BCUT2D eigenvalue weighted by Gasteiger charge is -2.38. The Balaban J connectivity index is 1.31. The average Bonchev–Trinajstić information content (AvgIpc) is 3.51. The van der Waals surface area contributed by atoms with E-state index >= 15 is 0 Å². The fourth-order valence-corrected chi connectivity index (χ4v) is 5.64. The number of hydrogen-bond acceptors (Lipinski definition) is 2. The van der Waals surface area contributed by atoms with Gasteiger partial charge in [-0.3, -0.25) is 4.79 Å². The lowest BCUT2D eigenvalue weighted by molar-refractivity contribution is 0.0595. The van der Waals surface area contributed by atoms with Gasteiger partial charge >= 0.3 is 0 Å². The number of aromatic nitrogens is 2. The molecule has 1 aromatic heterocycles. The van der Waals surface area contributed by atoms with E-state index in [4.69, 9.17) is 0 Å². The summed E-state index contributed by atoms with van der Waals surface area (Å²) in [4.78, 5) is 22.9. The van der Waals surface area contributed by atoms with Crippen LogP contribution in [-0.2, 0) is 6.42 Å². The average molecular weight is 383 g/mol. The van der Waals surface area contributed by atoms with Crippen molar-refractivity contribution in [2.24, 2.45) is 0 Å². The lowest BCUT2D eigenvalue weighted by atomic mass is 9.87. The van der Waals surface area contributed by atoms with Crippen LogP contribution in [0, 0.1) is 0 Å². The van der Waals surface area contributed by atoms with Crippen LogP contribution in [0.25, 0.3) is 16.6 Å². The third kappa shape index (κ3) is 2.73. The van der Waals surface area contributed by atoms with Crippen molar-refractivity contribution in [2.45, 2.75) is 50.5 Å². The summed E-state index contributed by atoms with van der Waals surface area (Å²) in [5.41, 5.74) is 8.42. The van der Waals surface area contributed by atoms with Gasteiger partial charge < -0.3 is 9.88 Å². The number of likely N-dealkylation sites (tertiary alicyclic amines) is 1. The number of carbonyl (C=O) groups excluding carboxylic acids is 1. The molecule has 0 saturated carbocycles. The van der Waals surface area contributed by atoms with Gasteiger partial charge in [-0.2, -0.15) is 0 Å². The molecule has 146 valence electrons. The van der Waals surface area contributed by atoms with E-state index in [0.717, 1.165) is 36.0 Å². The zero-order valence-electron chi connectivity index (χ0n) is 16.5. The molecule has 2 heterocycles. The number of carbonyl (C=O) groups is 1. The van der Waals surface area contributed by atoms with Gasteiger partial charge in [-0.05, 0) is 79.0 Å². The van der Waals surface area contributed by atoms with Gasteiger partial charge in [0.25, 0.3) is 5.91 Å². The summed E-state index contributed by atoms with van der Waals surface area (Å²) in [6, 6.07) is 13.1. The topological polar surface area (TPSA) is 49.0 Å². The van der Waals surface area contributed by atoms with Crippen molar-refractivity contribution in [3.8, 4) is 0 Å². The number of hydrogen-bond donors (Lipinski definition) is 1. The van der Waals surface area contributed by atoms with E-state index < -0.39 is 0 Å². The zero-order valence-corrected chi connectivity index (χ0v) is 16.5. The van der Waals surface area contributed by atoms with E-state index in [1.807, 2.05) is 18.2 Å². The van der Waals surface area contributed by atoms with Crippen LogP contribution < -0.4 is 0 Å². The Kier molecular flexibility index (Phi) is 3.86. The molecule has 1 saturated heterocycles. The van der Waals surface area contributed by atoms with E-state index in [2.05, 4.69) is 39.1 Å². The summed E-state index contributed by atoms with van der Waals surface area (Å²) in [6.45, 7) is 0.854. The van der Waals surface area contributed by atoms with Crippen molar-refractivity contribution < 1.29 is 4.79 Å². The van der Waals surface area contributed by atoms with Crippen LogP contribution >= 0.6 is 0 Å². The third-order valence-corrected chi connectivity index (χ3v) is 7.09. The van der Waals surface area contributed by atoms with Crippen molar-refractivity contribution >= 4 is 22.5 Å². The number of H-pyrrole nitrogens is 1. The molecule has 1 N–H and O–H groups in total. The van der Waals surface area contributed by atoms with Crippen molar-refractivity contribution in [2.75, 3.05) is 6.54 Å². The molecule has 0 unspecified atom stereocenters. The molecule has 0 radical (unpaired) electrons. The normalized spacial score (nSPS) is 23.2. The molecule has 1 fully saturated rings. The van der Waals surface area contributed by atoms with Crippen molar-refractivity contribution in [1.29, 1.82) is 0 Å². The van der Waals surface area contributed by atoms with Crippen molar-refractivity contribution in [3.63, 3.8) is 0 Å². The number of aromatic amines is 1. The summed E-state index contributed by atoms with van der Waals surface area (Å²) in [7, 11) is 0. The highest BCUT2D eigenvalue weighted by molar-refractivity contribution is 5.97. The molecule has 1 aliphatic heterocycles. The standard InChI is InChI=1S/C25H25N3O/c29-25(19-9-10-22-23(13-19)27-15-26-22)28-11-3-6-20-21-12-17(16-4-1-2-5-16)7-8-18(21)14-24(20)28/h4,7-10,12-13,15,20,24H,1-3,5-6,11,14H2,(H,26,27)/t20-,24+/m0/s1. The number of imidazole rings is 1. The molecule has 2 aliphatic carbocycles. The number of amides is 1. The second-order valence-corrected chi connectivity index (χ2v) is 8.69. The van der Waals surface area contributed by atoms with E-state index in [1.165, 1.54) is 47.9 Å². The monoisotopic (exact) mass is 383 g/mol.